The van der Waals surface area contributed by atoms with Gasteiger partial charge in [-0.3, -0.25) is 9.63 Å². The Morgan fingerprint density at radius 3 is 2.24 bits per heavy atom. The first kappa shape index (κ1) is 23.5. The van der Waals surface area contributed by atoms with Gasteiger partial charge in [0.2, 0.25) is 0 Å². The van der Waals surface area contributed by atoms with Crippen LogP contribution in [0.25, 0.3) is 10.9 Å². The zero-order chi connectivity index (χ0) is 24.4. The van der Waals surface area contributed by atoms with Crippen molar-refractivity contribution in [2.75, 3.05) is 0 Å². The number of hydrogen-bond acceptors (Lipinski definition) is 2. The fourth-order valence-electron chi connectivity index (χ4n) is 4.45. The van der Waals surface area contributed by atoms with Crippen LogP contribution in [-0.2, 0) is 16.2 Å². The van der Waals surface area contributed by atoms with E-state index in [1.165, 1.54) is 21.8 Å². The summed E-state index contributed by atoms with van der Waals surface area (Å²) in [5.74, 6) is -0.235. The molecule has 34 heavy (non-hydrogen) atoms. The van der Waals surface area contributed by atoms with Crippen molar-refractivity contribution in [3.05, 3.63) is 118 Å². The van der Waals surface area contributed by atoms with Gasteiger partial charge in [-0.05, 0) is 68.5 Å². The average molecular weight is 453 g/mol. The maximum atomic E-state index is 13.5. The summed E-state index contributed by atoms with van der Waals surface area (Å²) in [6.07, 6.45) is 0. The van der Waals surface area contributed by atoms with E-state index in [4.69, 9.17) is 4.84 Å². The van der Waals surface area contributed by atoms with E-state index >= 15 is 0 Å². The molecule has 1 amide bonds. The standard InChI is InChI=1S/C30H32N2O2/c1-19(2)30(33)32(34-18-24-12-8-7-9-13-24)29(25-16-20(3)22(5)21(4)17-25)28-23(6)31-27-15-11-10-14-26(27)28/h7-17,29,31H,1,18H2,2-6H3. The summed E-state index contributed by atoms with van der Waals surface area (Å²) in [4.78, 5) is 23.4. The number of nitrogens with one attached hydrogen (secondary N) is 1. The minimum Gasteiger partial charge on any atom is -0.358 e. The molecule has 1 N–H and O–H groups in total. The molecule has 1 atom stereocenters. The van der Waals surface area contributed by atoms with Crippen LogP contribution in [0.4, 0.5) is 0 Å². The molecule has 4 heteroatoms. The minimum atomic E-state index is -0.443. The highest BCUT2D eigenvalue weighted by atomic mass is 16.7. The Labute approximate surface area is 201 Å². The highest BCUT2D eigenvalue weighted by Gasteiger charge is 2.32. The van der Waals surface area contributed by atoms with E-state index in [0.29, 0.717) is 5.57 Å². The Bertz CT molecular complexity index is 1330. The van der Waals surface area contributed by atoms with Crippen LogP contribution in [0, 0.1) is 27.7 Å². The third-order valence-electron chi connectivity index (χ3n) is 6.49. The Kier molecular flexibility index (Phi) is 6.71. The predicted molar refractivity (Wildman–Crippen MR) is 138 cm³/mol. The summed E-state index contributed by atoms with van der Waals surface area (Å²) in [5.41, 5.74) is 9.12. The molecule has 0 fully saturated rings. The van der Waals surface area contributed by atoms with Crippen molar-refractivity contribution in [1.82, 2.24) is 10.0 Å². The number of hydrogen-bond donors (Lipinski definition) is 1. The third-order valence-corrected chi connectivity index (χ3v) is 6.49. The van der Waals surface area contributed by atoms with E-state index in [0.717, 1.165) is 33.3 Å². The van der Waals surface area contributed by atoms with Gasteiger partial charge in [0, 0.05) is 27.7 Å². The molecule has 0 bridgehead atoms. The summed E-state index contributed by atoms with van der Waals surface area (Å²) >= 11 is 0. The van der Waals surface area contributed by atoms with Gasteiger partial charge in [-0.2, -0.15) is 0 Å². The van der Waals surface area contributed by atoms with E-state index < -0.39 is 6.04 Å². The predicted octanol–water partition coefficient (Wildman–Crippen LogP) is 7.03. The third kappa shape index (κ3) is 4.55. The molecule has 1 aromatic heterocycles. The minimum absolute atomic E-state index is 0.235. The summed E-state index contributed by atoms with van der Waals surface area (Å²) in [6, 6.07) is 22.0. The van der Waals surface area contributed by atoms with Gasteiger partial charge in [-0.25, -0.2) is 5.06 Å². The SMILES string of the molecule is C=C(C)C(=O)N(OCc1ccccc1)C(c1cc(C)c(C)c(C)c1)c1c(C)[nH]c2ccccc12. The Morgan fingerprint density at radius 1 is 0.971 bits per heavy atom. The van der Waals surface area contributed by atoms with Crippen LogP contribution < -0.4 is 0 Å². The molecule has 0 aliphatic heterocycles. The second-order valence-corrected chi connectivity index (χ2v) is 9.06. The number of H-pyrrole nitrogens is 1. The number of aromatic amines is 1. The summed E-state index contributed by atoms with van der Waals surface area (Å²) < 4.78 is 0. The zero-order valence-corrected chi connectivity index (χ0v) is 20.6. The van der Waals surface area contributed by atoms with Crippen molar-refractivity contribution >= 4 is 16.8 Å². The van der Waals surface area contributed by atoms with Crippen molar-refractivity contribution in [1.29, 1.82) is 0 Å². The molecule has 174 valence electrons. The number of hydroxylamine groups is 2. The number of fused-ring (bicyclic) bond motifs is 1. The first-order chi connectivity index (χ1) is 16.3. The zero-order valence-electron chi connectivity index (χ0n) is 20.6. The number of aromatic nitrogens is 1. The van der Waals surface area contributed by atoms with Crippen LogP contribution in [0.2, 0.25) is 0 Å². The number of para-hydroxylation sites is 1. The van der Waals surface area contributed by atoms with Crippen LogP contribution in [0.5, 0.6) is 0 Å². The van der Waals surface area contributed by atoms with Gasteiger partial charge in [-0.1, -0.05) is 67.2 Å². The van der Waals surface area contributed by atoms with Gasteiger partial charge in [0.05, 0.1) is 0 Å². The van der Waals surface area contributed by atoms with Crippen LogP contribution in [0.3, 0.4) is 0 Å². The van der Waals surface area contributed by atoms with Crippen LogP contribution >= 0.6 is 0 Å². The number of aryl methyl sites for hydroxylation is 3. The van der Waals surface area contributed by atoms with E-state index in [2.05, 4.69) is 63.5 Å². The van der Waals surface area contributed by atoms with Gasteiger partial charge in [0.15, 0.2) is 0 Å². The number of benzene rings is 3. The van der Waals surface area contributed by atoms with Crippen molar-refractivity contribution in [3.8, 4) is 0 Å². The van der Waals surface area contributed by atoms with Crippen LogP contribution in [0.15, 0.2) is 78.9 Å². The smallest absolute Gasteiger partial charge is 0.273 e. The van der Waals surface area contributed by atoms with Gasteiger partial charge in [0.25, 0.3) is 5.91 Å². The highest BCUT2D eigenvalue weighted by molar-refractivity contribution is 5.93. The molecule has 4 aromatic rings. The molecule has 0 radical (unpaired) electrons. The van der Waals surface area contributed by atoms with Gasteiger partial charge >= 0.3 is 0 Å². The lowest BCUT2D eigenvalue weighted by molar-refractivity contribution is -0.198. The van der Waals surface area contributed by atoms with Crippen LogP contribution in [-0.4, -0.2) is 16.0 Å². The molecular weight excluding hydrogens is 420 g/mol. The largest absolute Gasteiger partial charge is 0.358 e. The van der Waals surface area contributed by atoms with Gasteiger partial charge in [0.1, 0.15) is 12.6 Å². The van der Waals surface area contributed by atoms with E-state index in [1.54, 1.807) is 6.92 Å². The number of carbonyl (C=O) groups excluding carboxylic acids is 1. The lowest BCUT2D eigenvalue weighted by Crippen LogP contribution is -2.36. The summed E-state index contributed by atoms with van der Waals surface area (Å²) in [6.45, 7) is 14.4. The van der Waals surface area contributed by atoms with Crippen molar-refractivity contribution in [2.24, 2.45) is 0 Å². The molecule has 0 saturated carbocycles. The first-order valence-electron chi connectivity index (χ1n) is 11.6. The maximum absolute atomic E-state index is 13.5. The number of nitrogens with zero attached hydrogens (tertiary/aromatic N) is 1. The average Bonchev–Trinajstić information content (AvgIpc) is 3.15. The molecule has 0 spiro atoms. The lowest BCUT2D eigenvalue weighted by Gasteiger charge is -2.32. The number of amides is 1. The lowest BCUT2D eigenvalue weighted by atomic mass is 9.91. The second kappa shape index (κ2) is 9.70. The molecular formula is C30H32N2O2. The van der Waals surface area contributed by atoms with Gasteiger partial charge < -0.3 is 4.98 Å². The monoisotopic (exact) mass is 452 g/mol. The molecule has 0 aliphatic carbocycles. The first-order valence-corrected chi connectivity index (χ1v) is 11.6. The molecule has 3 aromatic carbocycles. The van der Waals surface area contributed by atoms with E-state index in [-0.39, 0.29) is 12.5 Å². The van der Waals surface area contributed by atoms with Gasteiger partial charge in [-0.15, -0.1) is 0 Å². The van der Waals surface area contributed by atoms with Crippen molar-refractivity contribution in [3.63, 3.8) is 0 Å². The van der Waals surface area contributed by atoms with E-state index in [9.17, 15) is 4.79 Å². The van der Waals surface area contributed by atoms with Crippen molar-refractivity contribution in [2.45, 2.75) is 47.3 Å². The van der Waals surface area contributed by atoms with E-state index in [1.807, 2.05) is 42.5 Å². The molecule has 4 nitrogen and oxygen atoms in total. The molecule has 0 saturated heterocycles. The highest BCUT2D eigenvalue weighted by Crippen LogP contribution is 2.38. The fraction of sp³-hybridized carbons (Fsp3) is 0.233. The maximum Gasteiger partial charge on any atom is 0.273 e. The molecule has 1 heterocycles. The molecule has 4 rings (SSSR count). The van der Waals surface area contributed by atoms with Crippen molar-refractivity contribution < 1.29 is 9.63 Å². The Hall–Kier alpha value is -3.63. The number of carbonyl (C=O) groups is 1. The topological polar surface area (TPSA) is 45.3 Å². The fourth-order valence-corrected chi connectivity index (χ4v) is 4.45. The molecule has 0 aliphatic rings. The summed E-state index contributed by atoms with van der Waals surface area (Å²) in [7, 11) is 0. The molecule has 1 unspecified atom stereocenters. The Balaban J connectivity index is 1.92. The quantitative estimate of drug-likeness (QED) is 0.242. The summed E-state index contributed by atoms with van der Waals surface area (Å²) in [5, 5.41) is 2.59. The Morgan fingerprint density at radius 2 is 1.59 bits per heavy atom. The second-order valence-electron chi connectivity index (χ2n) is 9.06. The van der Waals surface area contributed by atoms with Crippen LogP contribution in [0.1, 0.15) is 52.0 Å². The number of rotatable bonds is 7. The normalized spacial score (nSPS) is 12.0.